The maximum Gasteiger partial charge on any atom is 0.131 e. The Morgan fingerprint density at radius 3 is 2.79 bits per heavy atom. The Morgan fingerprint density at radius 2 is 2.16 bits per heavy atom. The lowest BCUT2D eigenvalue weighted by Crippen LogP contribution is -2.19. The Labute approximate surface area is 126 Å². The van der Waals surface area contributed by atoms with Crippen molar-refractivity contribution in [2.45, 2.75) is 39.7 Å². The van der Waals surface area contributed by atoms with Crippen molar-refractivity contribution in [3.05, 3.63) is 38.4 Å². The number of anilines is 1. The zero-order valence-electron chi connectivity index (χ0n) is 11.4. The van der Waals surface area contributed by atoms with Gasteiger partial charge in [-0.2, -0.15) is 0 Å². The first-order valence-electron chi connectivity index (χ1n) is 6.42. The molecule has 0 aliphatic heterocycles. The molecule has 3 nitrogen and oxygen atoms in total. The van der Waals surface area contributed by atoms with Crippen LogP contribution in [0, 0.1) is 6.92 Å². The molecule has 0 aromatic carbocycles. The molecule has 1 atom stereocenters. The molecule has 2 heterocycles. The fourth-order valence-corrected chi connectivity index (χ4v) is 3.34. The lowest BCUT2D eigenvalue weighted by Gasteiger charge is -2.14. The topological polar surface area (TPSA) is 37.8 Å². The van der Waals surface area contributed by atoms with Crippen LogP contribution in [0.15, 0.2) is 22.8 Å². The minimum absolute atomic E-state index is 0.351. The summed E-state index contributed by atoms with van der Waals surface area (Å²) in [5.41, 5.74) is 0. The molecule has 2 aromatic heterocycles. The van der Waals surface area contributed by atoms with E-state index in [0.717, 1.165) is 29.1 Å². The van der Waals surface area contributed by atoms with Crippen LogP contribution in [0.1, 0.15) is 29.4 Å². The fraction of sp³-hybridized carbons (Fsp3) is 0.429. The smallest absolute Gasteiger partial charge is 0.131 e. The minimum Gasteiger partial charge on any atom is -0.367 e. The van der Waals surface area contributed by atoms with Crippen LogP contribution in [0.2, 0.25) is 0 Å². The highest BCUT2D eigenvalue weighted by atomic mass is 79.9. The molecule has 0 amide bonds. The van der Waals surface area contributed by atoms with Gasteiger partial charge in [0.05, 0.1) is 0 Å². The number of hydrogen-bond donors (Lipinski definition) is 1. The van der Waals surface area contributed by atoms with Gasteiger partial charge in [-0.3, -0.25) is 0 Å². The molecule has 0 saturated carbocycles. The van der Waals surface area contributed by atoms with Crippen molar-refractivity contribution in [1.82, 2.24) is 9.97 Å². The second kappa shape index (κ2) is 6.48. The van der Waals surface area contributed by atoms with Crippen LogP contribution in [0.3, 0.4) is 0 Å². The Balaban J connectivity index is 2.02. The maximum absolute atomic E-state index is 4.49. The Morgan fingerprint density at radius 1 is 1.37 bits per heavy atom. The van der Waals surface area contributed by atoms with E-state index < -0.39 is 0 Å². The second-order valence-electron chi connectivity index (χ2n) is 4.61. The highest BCUT2D eigenvalue weighted by molar-refractivity contribution is 9.10. The summed E-state index contributed by atoms with van der Waals surface area (Å²) < 4.78 is 0.834. The number of hydrogen-bond acceptors (Lipinski definition) is 4. The van der Waals surface area contributed by atoms with Crippen LogP contribution in [0.25, 0.3) is 0 Å². The monoisotopic (exact) mass is 339 g/mol. The molecular weight excluding hydrogens is 322 g/mol. The van der Waals surface area contributed by atoms with Gasteiger partial charge in [-0.05, 0) is 41.9 Å². The number of aromatic nitrogens is 2. The van der Waals surface area contributed by atoms with E-state index in [9.17, 15) is 0 Å². The van der Waals surface area contributed by atoms with Gasteiger partial charge in [0.25, 0.3) is 0 Å². The van der Waals surface area contributed by atoms with E-state index in [4.69, 9.17) is 0 Å². The van der Waals surface area contributed by atoms with Gasteiger partial charge in [-0.15, -0.1) is 11.3 Å². The van der Waals surface area contributed by atoms with E-state index in [1.54, 1.807) is 0 Å². The molecule has 1 N–H and O–H groups in total. The number of nitrogens with one attached hydrogen (secondary N) is 1. The highest BCUT2D eigenvalue weighted by Gasteiger charge is 2.08. The summed E-state index contributed by atoms with van der Waals surface area (Å²) in [4.78, 5) is 11.6. The van der Waals surface area contributed by atoms with E-state index in [2.05, 4.69) is 64.1 Å². The van der Waals surface area contributed by atoms with Crippen LogP contribution >= 0.6 is 27.3 Å². The summed E-state index contributed by atoms with van der Waals surface area (Å²) in [6, 6.07) is 6.65. The summed E-state index contributed by atoms with van der Waals surface area (Å²) in [7, 11) is 0. The minimum atomic E-state index is 0.351. The van der Waals surface area contributed by atoms with Gasteiger partial charge in [0, 0.05) is 34.7 Å². The average Bonchev–Trinajstić information content (AvgIpc) is 2.73. The molecule has 102 valence electrons. The molecule has 19 heavy (non-hydrogen) atoms. The third kappa shape index (κ3) is 4.28. The maximum atomic E-state index is 4.49. The predicted octanol–water partition coefficient (Wildman–Crippen LogP) is 4.21. The third-order valence-corrected chi connectivity index (χ3v) is 4.18. The first-order valence-corrected chi connectivity index (χ1v) is 8.03. The van der Waals surface area contributed by atoms with Crippen molar-refractivity contribution in [2.24, 2.45) is 0 Å². The molecule has 2 aromatic rings. The number of thiophene rings is 1. The van der Waals surface area contributed by atoms with Crippen molar-refractivity contribution < 1.29 is 0 Å². The van der Waals surface area contributed by atoms with E-state index >= 15 is 0 Å². The van der Waals surface area contributed by atoms with E-state index in [1.165, 1.54) is 9.75 Å². The van der Waals surface area contributed by atoms with Gasteiger partial charge in [0.1, 0.15) is 16.2 Å². The molecule has 0 radical (unpaired) electrons. The molecule has 0 spiro atoms. The molecule has 0 aliphatic carbocycles. The predicted molar refractivity (Wildman–Crippen MR) is 85.0 cm³/mol. The summed E-state index contributed by atoms with van der Waals surface area (Å²) in [5, 5.41) is 3.44. The molecule has 2 rings (SSSR count). The van der Waals surface area contributed by atoms with Gasteiger partial charge < -0.3 is 5.32 Å². The SMILES string of the molecule is CCc1nc(Br)cc(NC(C)Cc2ccc(C)s2)n1. The normalized spacial score (nSPS) is 12.4. The summed E-state index contributed by atoms with van der Waals surface area (Å²) >= 11 is 5.28. The standard InChI is InChI=1S/C14H18BrN3S/c1-4-13-17-12(15)8-14(18-13)16-9(2)7-11-6-5-10(3)19-11/h5-6,8-9H,4,7H2,1-3H3,(H,16,17,18). The average molecular weight is 340 g/mol. The Bertz CT molecular complexity index is 553. The largest absolute Gasteiger partial charge is 0.367 e. The molecular formula is C14H18BrN3S. The van der Waals surface area contributed by atoms with E-state index in [0.29, 0.717) is 6.04 Å². The van der Waals surface area contributed by atoms with E-state index in [-0.39, 0.29) is 0 Å². The second-order valence-corrected chi connectivity index (χ2v) is 6.79. The van der Waals surface area contributed by atoms with Gasteiger partial charge >= 0.3 is 0 Å². The molecule has 1 unspecified atom stereocenters. The zero-order chi connectivity index (χ0) is 13.8. The number of halogens is 1. The molecule has 0 saturated heterocycles. The number of aryl methyl sites for hydroxylation is 2. The lowest BCUT2D eigenvalue weighted by molar-refractivity contribution is 0.787. The van der Waals surface area contributed by atoms with Crippen LogP contribution in [0.4, 0.5) is 5.82 Å². The number of rotatable bonds is 5. The fourth-order valence-electron chi connectivity index (χ4n) is 1.90. The van der Waals surface area contributed by atoms with Gasteiger partial charge in [0.15, 0.2) is 0 Å². The quantitative estimate of drug-likeness (QED) is 0.829. The van der Waals surface area contributed by atoms with Crippen molar-refractivity contribution in [3.63, 3.8) is 0 Å². The molecule has 0 bridgehead atoms. The van der Waals surface area contributed by atoms with Crippen LogP contribution in [0.5, 0.6) is 0 Å². The first kappa shape index (κ1) is 14.5. The van der Waals surface area contributed by atoms with Crippen molar-refractivity contribution in [2.75, 3.05) is 5.32 Å². The number of nitrogens with zero attached hydrogens (tertiary/aromatic N) is 2. The first-order chi connectivity index (χ1) is 9.06. The van der Waals surface area contributed by atoms with Crippen LogP contribution < -0.4 is 5.32 Å². The Kier molecular flexibility index (Phi) is 4.93. The van der Waals surface area contributed by atoms with Crippen LogP contribution in [-0.2, 0) is 12.8 Å². The van der Waals surface area contributed by atoms with Gasteiger partial charge in [0.2, 0.25) is 0 Å². The zero-order valence-corrected chi connectivity index (χ0v) is 13.8. The van der Waals surface area contributed by atoms with Gasteiger partial charge in [-0.1, -0.05) is 6.92 Å². The van der Waals surface area contributed by atoms with Gasteiger partial charge in [-0.25, -0.2) is 9.97 Å². The molecule has 5 heteroatoms. The third-order valence-electron chi connectivity index (χ3n) is 2.76. The molecule has 0 fully saturated rings. The summed E-state index contributed by atoms with van der Waals surface area (Å²) in [6.07, 6.45) is 1.86. The van der Waals surface area contributed by atoms with Crippen molar-refractivity contribution in [1.29, 1.82) is 0 Å². The van der Waals surface area contributed by atoms with Crippen molar-refractivity contribution >= 4 is 33.1 Å². The molecule has 0 aliphatic rings. The van der Waals surface area contributed by atoms with Crippen molar-refractivity contribution in [3.8, 4) is 0 Å². The highest BCUT2D eigenvalue weighted by Crippen LogP contribution is 2.19. The van der Waals surface area contributed by atoms with E-state index in [1.807, 2.05) is 17.4 Å². The summed E-state index contributed by atoms with van der Waals surface area (Å²) in [5.74, 6) is 1.75. The van der Waals surface area contributed by atoms with Crippen LogP contribution in [-0.4, -0.2) is 16.0 Å². The summed E-state index contributed by atoms with van der Waals surface area (Å²) in [6.45, 7) is 6.38. The lowest BCUT2D eigenvalue weighted by atomic mass is 10.2. The Hall–Kier alpha value is -0.940.